The first kappa shape index (κ1) is 9.93. The lowest BCUT2D eigenvalue weighted by atomic mass is 10.1. The molecule has 0 radical (unpaired) electrons. The summed E-state index contributed by atoms with van der Waals surface area (Å²) < 4.78 is 5.22. The van der Waals surface area contributed by atoms with Crippen molar-refractivity contribution < 1.29 is 4.52 Å². The molecule has 0 unspecified atom stereocenters. The van der Waals surface area contributed by atoms with Crippen LogP contribution in [0.15, 0.2) is 40.9 Å². The van der Waals surface area contributed by atoms with Crippen molar-refractivity contribution in [1.29, 1.82) is 0 Å². The molecule has 0 saturated carbocycles. The maximum absolute atomic E-state index is 5.44. The molecule has 0 aliphatic rings. The van der Waals surface area contributed by atoms with E-state index in [2.05, 4.69) is 17.3 Å². The first-order valence-electron chi connectivity index (χ1n) is 5.07. The van der Waals surface area contributed by atoms with Crippen molar-refractivity contribution in [2.45, 2.75) is 12.8 Å². The fourth-order valence-corrected chi connectivity index (χ4v) is 1.50. The smallest absolute Gasteiger partial charge is 0.141 e. The predicted molar refractivity (Wildman–Crippen MR) is 58.5 cm³/mol. The predicted octanol–water partition coefficient (Wildman–Crippen LogP) is 1.77. The highest BCUT2D eigenvalue weighted by Gasteiger charge is 2.03. The van der Waals surface area contributed by atoms with Crippen LogP contribution >= 0.6 is 0 Å². The summed E-state index contributed by atoms with van der Waals surface area (Å²) in [5.74, 6) is 0.893. The normalized spacial score (nSPS) is 10.5. The summed E-state index contributed by atoms with van der Waals surface area (Å²) >= 11 is 0. The summed E-state index contributed by atoms with van der Waals surface area (Å²) in [6, 6.07) is 12.2. The number of nitrogens with zero attached hydrogens (tertiary/aromatic N) is 1. The van der Waals surface area contributed by atoms with Crippen LogP contribution in [0.5, 0.6) is 0 Å². The van der Waals surface area contributed by atoms with E-state index in [4.69, 9.17) is 10.3 Å². The third-order valence-corrected chi connectivity index (χ3v) is 2.23. The Morgan fingerprint density at radius 2 is 2.00 bits per heavy atom. The van der Waals surface area contributed by atoms with Gasteiger partial charge in [-0.15, -0.1) is 0 Å². The Morgan fingerprint density at radius 3 is 2.73 bits per heavy atom. The van der Waals surface area contributed by atoms with E-state index < -0.39 is 0 Å². The second-order valence-corrected chi connectivity index (χ2v) is 3.49. The lowest BCUT2D eigenvalue weighted by molar-refractivity contribution is 0.383. The van der Waals surface area contributed by atoms with E-state index in [0.29, 0.717) is 6.54 Å². The Morgan fingerprint density at radius 1 is 1.20 bits per heavy atom. The van der Waals surface area contributed by atoms with Crippen molar-refractivity contribution in [3.8, 4) is 0 Å². The second kappa shape index (κ2) is 4.75. The number of nitrogens with two attached hydrogens (primary N) is 1. The molecule has 3 heteroatoms. The number of hydrogen-bond acceptors (Lipinski definition) is 3. The van der Waals surface area contributed by atoms with Crippen LogP contribution in [0.4, 0.5) is 0 Å². The van der Waals surface area contributed by atoms with Crippen molar-refractivity contribution in [1.82, 2.24) is 5.16 Å². The average Bonchev–Trinajstić information content (AvgIpc) is 2.68. The molecule has 0 saturated heterocycles. The summed E-state index contributed by atoms with van der Waals surface area (Å²) in [6.07, 6.45) is 1.57. The van der Waals surface area contributed by atoms with Crippen molar-refractivity contribution in [2.75, 3.05) is 6.54 Å². The topological polar surface area (TPSA) is 52.0 Å². The molecule has 0 bridgehead atoms. The maximum Gasteiger partial charge on any atom is 0.141 e. The molecule has 2 aromatic rings. The molecule has 0 amide bonds. The first-order valence-corrected chi connectivity index (χ1v) is 5.07. The zero-order valence-electron chi connectivity index (χ0n) is 8.52. The number of rotatable bonds is 4. The molecule has 0 spiro atoms. The average molecular weight is 202 g/mol. The molecule has 3 nitrogen and oxygen atoms in total. The Kier molecular flexibility index (Phi) is 3.15. The standard InChI is InChI=1S/C12H14N2O/c13-7-6-11-9-12(15-14-11)8-10-4-2-1-3-5-10/h1-5,9H,6-8,13H2. The minimum atomic E-state index is 0.608. The van der Waals surface area contributed by atoms with Gasteiger partial charge in [0.1, 0.15) is 5.76 Å². The summed E-state index contributed by atoms with van der Waals surface area (Å²) in [6.45, 7) is 0.608. The van der Waals surface area contributed by atoms with Gasteiger partial charge in [-0.25, -0.2) is 0 Å². The maximum atomic E-state index is 5.44. The highest BCUT2D eigenvalue weighted by atomic mass is 16.5. The zero-order chi connectivity index (χ0) is 10.5. The number of hydrogen-bond donors (Lipinski definition) is 1. The Bertz CT molecular complexity index is 409. The van der Waals surface area contributed by atoms with Crippen LogP contribution in [0.1, 0.15) is 17.0 Å². The monoisotopic (exact) mass is 202 g/mol. The molecule has 15 heavy (non-hydrogen) atoms. The van der Waals surface area contributed by atoms with Crippen LogP contribution in [0.25, 0.3) is 0 Å². The van der Waals surface area contributed by atoms with Crippen molar-refractivity contribution in [2.24, 2.45) is 5.73 Å². The summed E-state index contributed by atoms with van der Waals surface area (Å²) in [4.78, 5) is 0. The minimum absolute atomic E-state index is 0.608. The van der Waals surface area contributed by atoms with Crippen LogP contribution in [0.3, 0.4) is 0 Å². The van der Waals surface area contributed by atoms with E-state index in [1.807, 2.05) is 24.3 Å². The second-order valence-electron chi connectivity index (χ2n) is 3.49. The number of aromatic nitrogens is 1. The van der Waals surface area contributed by atoms with Crippen LogP contribution in [0, 0.1) is 0 Å². The van der Waals surface area contributed by atoms with Crippen molar-refractivity contribution in [3.63, 3.8) is 0 Å². The molecule has 0 aliphatic heterocycles. The quantitative estimate of drug-likeness (QED) is 0.822. The van der Waals surface area contributed by atoms with Gasteiger partial charge >= 0.3 is 0 Å². The molecule has 2 rings (SSSR count). The van der Waals surface area contributed by atoms with Gasteiger partial charge in [0.2, 0.25) is 0 Å². The van der Waals surface area contributed by atoms with Gasteiger partial charge < -0.3 is 10.3 Å². The van der Waals surface area contributed by atoms with Gasteiger partial charge in [-0.1, -0.05) is 35.5 Å². The Labute approximate surface area is 88.9 Å². The molecule has 1 aromatic heterocycles. The van der Waals surface area contributed by atoms with Crippen molar-refractivity contribution >= 4 is 0 Å². The van der Waals surface area contributed by atoms with Gasteiger partial charge in [0.05, 0.1) is 5.69 Å². The molecular weight excluding hydrogens is 188 g/mol. The Hall–Kier alpha value is -1.61. The molecule has 0 fully saturated rings. The van der Waals surface area contributed by atoms with E-state index in [-0.39, 0.29) is 0 Å². The number of benzene rings is 1. The van der Waals surface area contributed by atoms with E-state index in [0.717, 1.165) is 24.3 Å². The summed E-state index contributed by atoms with van der Waals surface area (Å²) in [5.41, 5.74) is 7.60. The van der Waals surface area contributed by atoms with Gasteiger partial charge in [-0.3, -0.25) is 0 Å². The molecule has 1 aromatic carbocycles. The third-order valence-electron chi connectivity index (χ3n) is 2.23. The van der Waals surface area contributed by atoms with Crippen molar-refractivity contribution in [3.05, 3.63) is 53.4 Å². The van der Waals surface area contributed by atoms with E-state index >= 15 is 0 Å². The van der Waals surface area contributed by atoms with E-state index in [1.54, 1.807) is 0 Å². The van der Waals surface area contributed by atoms with Crippen LogP contribution < -0.4 is 5.73 Å². The fraction of sp³-hybridized carbons (Fsp3) is 0.250. The van der Waals surface area contributed by atoms with Crippen LogP contribution in [-0.2, 0) is 12.8 Å². The SMILES string of the molecule is NCCc1cc(Cc2ccccc2)on1. The largest absolute Gasteiger partial charge is 0.361 e. The minimum Gasteiger partial charge on any atom is -0.361 e. The molecule has 0 atom stereocenters. The highest BCUT2D eigenvalue weighted by molar-refractivity contribution is 5.21. The van der Waals surface area contributed by atoms with Gasteiger partial charge in [0.15, 0.2) is 0 Å². The van der Waals surface area contributed by atoms with Crippen LogP contribution in [-0.4, -0.2) is 11.7 Å². The summed E-state index contributed by atoms with van der Waals surface area (Å²) in [7, 11) is 0. The van der Waals surface area contributed by atoms with Gasteiger partial charge in [0, 0.05) is 18.9 Å². The molecule has 1 heterocycles. The zero-order valence-corrected chi connectivity index (χ0v) is 8.52. The lowest BCUT2D eigenvalue weighted by Crippen LogP contribution is -2.02. The molecule has 0 aliphatic carbocycles. The third kappa shape index (κ3) is 2.67. The van der Waals surface area contributed by atoms with Crippen LogP contribution in [0.2, 0.25) is 0 Å². The van der Waals surface area contributed by atoms with Gasteiger partial charge in [-0.2, -0.15) is 0 Å². The lowest BCUT2D eigenvalue weighted by Gasteiger charge is -1.94. The molecular formula is C12H14N2O. The summed E-state index contributed by atoms with van der Waals surface area (Å²) in [5, 5.41) is 3.95. The van der Waals surface area contributed by atoms with Gasteiger partial charge in [-0.05, 0) is 12.1 Å². The molecule has 78 valence electrons. The van der Waals surface area contributed by atoms with E-state index in [9.17, 15) is 0 Å². The highest BCUT2D eigenvalue weighted by Crippen LogP contribution is 2.10. The fourth-order valence-electron chi connectivity index (χ4n) is 1.50. The Balaban J connectivity index is 2.05. The van der Waals surface area contributed by atoms with Gasteiger partial charge in [0.25, 0.3) is 0 Å². The first-order chi connectivity index (χ1) is 7.38. The van der Waals surface area contributed by atoms with E-state index in [1.165, 1.54) is 5.56 Å². The molecule has 2 N–H and O–H groups in total.